The van der Waals surface area contributed by atoms with Crippen LogP contribution in [0.25, 0.3) is 0 Å². The molecule has 1 aromatic carbocycles. The molecule has 0 N–H and O–H groups in total. The van der Waals surface area contributed by atoms with E-state index in [-0.39, 0.29) is 35.8 Å². The predicted molar refractivity (Wildman–Crippen MR) is 67.0 cm³/mol. The summed E-state index contributed by atoms with van der Waals surface area (Å²) in [5.41, 5.74) is -0.609. The van der Waals surface area contributed by atoms with Gasteiger partial charge in [0.15, 0.2) is 5.78 Å². The molecule has 0 atom stereocenters. The Morgan fingerprint density at radius 2 is 2.05 bits per heavy atom. The van der Waals surface area contributed by atoms with Gasteiger partial charge in [0.1, 0.15) is 0 Å². The number of benzene rings is 1. The van der Waals surface area contributed by atoms with E-state index in [0.717, 1.165) is 6.07 Å². The fourth-order valence-corrected chi connectivity index (χ4v) is 1.71. The van der Waals surface area contributed by atoms with Crippen molar-refractivity contribution in [1.29, 1.82) is 0 Å². The van der Waals surface area contributed by atoms with Crippen LogP contribution in [0.1, 0.15) is 46.0 Å². The maximum atomic E-state index is 12.9. The van der Waals surface area contributed by atoms with E-state index in [2.05, 4.69) is 4.74 Å². The molecule has 0 heterocycles. The summed E-state index contributed by atoms with van der Waals surface area (Å²) in [7, 11) is 0. The minimum Gasteiger partial charge on any atom is -0.462 e. The van der Waals surface area contributed by atoms with Gasteiger partial charge in [-0.05, 0) is 19.1 Å². The van der Waals surface area contributed by atoms with Crippen molar-refractivity contribution in [3.8, 4) is 0 Å². The zero-order valence-corrected chi connectivity index (χ0v) is 11.0. The summed E-state index contributed by atoms with van der Waals surface area (Å²) in [5.74, 6) is -1.05. The van der Waals surface area contributed by atoms with E-state index in [4.69, 9.17) is 11.6 Å². The van der Waals surface area contributed by atoms with Crippen LogP contribution in [0, 0.1) is 0 Å². The van der Waals surface area contributed by atoms with E-state index < -0.39 is 18.0 Å². The van der Waals surface area contributed by atoms with Crippen LogP contribution in [0.4, 0.5) is 8.78 Å². The first-order valence-electron chi connectivity index (χ1n) is 5.69. The molecule has 0 radical (unpaired) electrons. The molecule has 1 aromatic rings. The monoisotopic (exact) mass is 290 g/mol. The molecule has 0 aromatic heterocycles. The number of alkyl halides is 3. The van der Waals surface area contributed by atoms with Gasteiger partial charge in [-0.1, -0.05) is 6.07 Å². The summed E-state index contributed by atoms with van der Waals surface area (Å²) in [6.07, 6.45) is -2.80. The van der Waals surface area contributed by atoms with Crippen LogP contribution in [-0.2, 0) is 4.74 Å². The van der Waals surface area contributed by atoms with Gasteiger partial charge in [0, 0.05) is 23.4 Å². The van der Waals surface area contributed by atoms with Crippen LogP contribution in [-0.4, -0.2) is 24.2 Å². The standard InChI is InChI=1S/C13H13ClF2O3/c1-2-19-13(18)9-4-3-8(11(17)5-6-14)7-10(9)12(15)16/h3-4,7,12H,2,5-6H2,1H3. The third kappa shape index (κ3) is 3.99. The van der Waals surface area contributed by atoms with Crippen molar-refractivity contribution < 1.29 is 23.1 Å². The minimum absolute atomic E-state index is 0.0585. The van der Waals surface area contributed by atoms with Gasteiger partial charge in [0.05, 0.1) is 12.2 Å². The van der Waals surface area contributed by atoms with E-state index in [1.807, 2.05) is 0 Å². The van der Waals surface area contributed by atoms with Crippen LogP contribution in [0.15, 0.2) is 18.2 Å². The Morgan fingerprint density at radius 1 is 1.37 bits per heavy atom. The normalized spacial score (nSPS) is 10.6. The quantitative estimate of drug-likeness (QED) is 0.457. The number of Topliss-reactive ketones (excluding diaryl/α,β-unsaturated/α-hetero) is 1. The highest BCUT2D eigenvalue weighted by molar-refractivity contribution is 6.19. The molecule has 0 unspecified atom stereocenters. The predicted octanol–water partition coefficient (Wildman–Crippen LogP) is 3.61. The smallest absolute Gasteiger partial charge is 0.338 e. The van der Waals surface area contributed by atoms with Crippen molar-refractivity contribution in [3.05, 3.63) is 34.9 Å². The molecular weight excluding hydrogens is 278 g/mol. The molecule has 0 bridgehead atoms. The number of ketones is 1. The molecular formula is C13H13ClF2O3. The maximum absolute atomic E-state index is 12.9. The van der Waals surface area contributed by atoms with Crippen LogP contribution in [0.5, 0.6) is 0 Å². The van der Waals surface area contributed by atoms with Gasteiger partial charge < -0.3 is 4.74 Å². The van der Waals surface area contributed by atoms with Crippen molar-refractivity contribution in [2.45, 2.75) is 19.8 Å². The molecule has 19 heavy (non-hydrogen) atoms. The van der Waals surface area contributed by atoms with Gasteiger partial charge >= 0.3 is 5.97 Å². The van der Waals surface area contributed by atoms with E-state index in [1.54, 1.807) is 6.92 Å². The number of carbonyl (C=O) groups excluding carboxylic acids is 2. The Balaban J connectivity index is 3.15. The van der Waals surface area contributed by atoms with Crippen LogP contribution < -0.4 is 0 Å². The third-order valence-corrected chi connectivity index (χ3v) is 2.61. The van der Waals surface area contributed by atoms with E-state index in [1.165, 1.54) is 12.1 Å². The Labute approximate surface area is 114 Å². The first-order valence-corrected chi connectivity index (χ1v) is 6.23. The van der Waals surface area contributed by atoms with Gasteiger partial charge in [-0.25, -0.2) is 13.6 Å². The number of halogens is 3. The number of ether oxygens (including phenoxy) is 1. The van der Waals surface area contributed by atoms with Crippen LogP contribution >= 0.6 is 11.6 Å². The molecule has 0 amide bonds. The summed E-state index contributed by atoms with van der Waals surface area (Å²) in [6.45, 7) is 1.67. The van der Waals surface area contributed by atoms with Gasteiger partial charge in [-0.3, -0.25) is 4.79 Å². The summed E-state index contributed by atoms with van der Waals surface area (Å²) >= 11 is 5.43. The second kappa shape index (κ2) is 7.19. The summed E-state index contributed by atoms with van der Waals surface area (Å²) in [5, 5.41) is 0. The zero-order chi connectivity index (χ0) is 14.4. The summed E-state index contributed by atoms with van der Waals surface area (Å²) in [4.78, 5) is 23.1. The topological polar surface area (TPSA) is 43.4 Å². The first-order chi connectivity index (χ1) is 9.01. The molecule has 1 rings (SSSR count). The van der Waals surface area contributed by atoms with Gasteiger partial charge in [-0.2, -0.15) is 0 Å². The van der Waals surface area contributed by atoms with Crippen LogP contribution in [0.3, 0.4) is 0 Å². The van der Waals surface area contributed by atoms with Gasteiger partial charge in [0.25, 0.3) is 6.43 Å². The van der Waals surface area contributed by atoms with Crippen molar-refractivity contribution in [2.24, 2.45) is 0 Å². The molecule has 0 saturated heterocycles. The molecule has 0 aliphatic heterocycles. The number of hydrogen-bond acceptors (Lipinski definition) is 3. The van der Waals surface area contributed by atoms with E-state index in [0.29, 0.717) is 0 Å². The lowest BCUT2D eigenvalue weighted by atomic mass is 10.0. The molecule has 3 nitrogen and oxygen atoms in total. The number of hydrogen-bond donors (Lipinski definition) is 0. The van der Waals surface area contributed by atoms with Crippen molar-refractivity contribution in [3.63, 3.8) is 0 Å². The fourth-order valence-electron chi connectivity index (χ4n) is 1.54. The average Bonchev–Trinajstić information content (AvgIpc) is 2.38. The molecule has 104 valence electrons. The lowest BCUT2D eigenvalue weighted by molar-refractivity contribution is 0.0515. The minimum atomic E-state index is -2.86. The summed E-state index contributed by atoms with van der Waals surface area (Å²) in [6, 6.07) is 3.53. The van der Waals surface area contributed by atoms with Gasteiger partial charge in [-0.15, -0.1) is 11.6 Å². The van der Waals surface area contributed by atoms with Crippen molar-refractivity contribution in [2.75, 3.05) is 12.5 Å². The number of esters is 1. The largest absolute Gasteiger partial charge is 0.462 e. The average molecular weight is 291 g/mol. The Morgan fingerprint density at radius 3 is 2.58 bits per heavy atom. The highest BCUT2D eigenvalue weighted by Crippen LogP contribution is 2.25. The molecule has 6 heteroatoms. The number of rotatable bonds is 6. The van der Waals surface area contributed by atoms with Gasteiger partial charge in [0.2, 0.25) is 0 Å². The molecule has 0 aliphatic rings. The van der Waals surface area contributed by atoms with Crippen molar-refractivity contribution >= 4 is 23.4 Å². The third-order valence-electron chi connectivity index (χ3n) is 2.43. The maximum Gasteiger partial charge on any atom is 0.338 e. The molecule has 0 saturated carbocycles. The summed E-state index contributed by atoms with van der Waals surface area (Å²) < 4.78 is 30.5. The Bertz CT molecular complexity index is 475. The fraction of sp³-hybridized carbons (Fsp3) is 0.385. The highest BCUT2D eigenvalue weighted by Gasteiger charge is 2.21. The second-order valence-electron chi connectivity index (χ2n) is 3.69. The highest BCUT2D eigenvalue weighted by atomic mass is 35.5. The zero-order valence-electron chi connectivity index (χ0n) is 10.3. The number of carbonyl (C=O) groups is 2. The van der Waals surface area contributed by atoms with Crippen molar-refractivity contribution in [1.82, 2.24) is 0 Å². The lowest BCUT2D eigenvalue weighted by Crippen LogP contribution is -2.10. The van der Waals surface area contributed by atoms with E-state index >= 15 is 0 Å². The lowest BCUT2D eigenvalue weighted by Gasteiger charge is -2.10. The Kier molecular flexibility index (Phi) is 5.89. The molecule has 0 fully saturated rings. The van der Waals surface area contributed by atoms with Crippen LogP contribution in [0.2, 0.25) is 0 Å². The SMILES string of the molecule is CCOC(=O)c1ccc(C(=O)CCCl)cc1C(F)F. The van der Waals surface area contributed by atoms with E-state index in [9.17, 15) is 18.4 Å². The molecule has 0 aliphatic carbocycles. The first kappa shape index (κ1) is 15.6. The molecule has 0 spiro atoms. The second-order valence-corrected chi connectivity index (χ2v) is 4.06. The Hall–Kier alpha value is -1.49.